The van der Waals surface area contributed by atoms with Crippen LogP contribution in [0.3, 0.4) is 0 Å². The van der Waals surface area contributed by atoms with Crippen molar-refractivity contribution in [2.45, 2.75) is 44.8 Å². The highest BCUT2D eigenvalue weighted by molar-refractivity contribution is 6.30. The summed E-state index contributed by atoms with van der Waals surface area (Å²) in [4.78, 5) is 28.2. The van der Waals surface area contributed by atoms with Crippen LogP contribution in [-0.2, 0) is 24.6 Å². The Morgan fingerprint density at radius 2 is 1.88 bits per heavy atom. The number of hydrogen-bond acceptors (Lipinski definition) is 7. The van der Waals surface area contributed by atoms with Gasteiger partial charge < -0.3 is 29.5 Å². The third kappa shape index (κ3) is 6.91. The highest BCUT2D eigenvalue weighted by Gasteiger charge is 2.46. The molecule has 40 heavy (non-hydrogen) atoms. The van der Waals surface area contributed by atoms with Crippen LogP contribution in [0.1, 0.15) is 38.3 Å². The lowest BCUT2D eigenvalue weighted by Gasteiger charge is -2.42. The van der Waals surface area contributed by atoms with Gasteiger partial charge in [-0.3, -0.25) is 14.3 Å². The van der Waals surface area contributed by atoms with Crippen molar-refractivity contribution in [3.63, 3.8) is 0 Å². The van der Waals surface area contributed by atoms with Gasteiger partial charge in [0, 0.05) is 48.5 Å². The third-order valence-corrected chi connectivity index (χ3v) is 7.79. The van der Waals surface area contributed by atoms with Gasteiger partial charge in [0.2, 0.25) is 0 Å². The van der Waals surface area contributed by atoms with E-state index in [1.807, 2.05) is 24.8 Å². The standard InChI is InChI=1S/C27H35ClF2N4O6/c1-17(2)22-5-8-31-34(22)27(25(37)32-21-4-3-19(28)13-23(21)40-26(29)30)6-9-33(10-7-27)14-20(24(35)36)18-15-38-11-12-39-16-18/h3-5,8,13,17-18,20,26H,6-7,9-12,14-16H2,1-2H3,(H,32,37)(H,35,36). The number of nitrogens with zero attached hydrogens (tertiary/aromatic N) is 3. The first-order valence-electron chi connectivity index (χ1n) is 13.3. The molecule has 2 saturated heterocycles. The number of alkyl halides is 2. The van der Waals surface area contributed by atoms with Gasteiger partial charge >= 0.3 is 12.6 Å². The summed E-state index contributed by atoms with van der Waals surface area (Å²) < 4.78 is 43.5. The number of nitrogens with one attached hydrogen (secondary N) is 1. The molecule has 2 N–H and O–H groups in total. The van der Waals surface area contributed by atoms with Crippen LogP contribution in [0.5, 0.6) is 5.75 Å². The lowest BCUT2D eigenvalue weighted by molar-refractivity contribution is -0.146. The molecule has 1 amide bonds. The second-order valence-corrected chi connectivity index (χ2v) is 10.9. The molecule has 1 aromatic heterocycles. The summed E-state index contributed by atoms with van der Waals surface area (Å²) in [5.74, 6) is -2.52. The molecule has 13 heteroatoms. The highest BCUT2D eigenvalue weighted by Crippen LogP contribution is 2.37. The van der Waals surface area contributed by atoms with Crippen LogP contribution in [0.25, 0.3) is 0 Å². The number of anilines is 1. The predicted octanol–water partition coefficient (Wildman–Crippen LogP) is 4.05. The second kappa shape index (κ2) is 13.2. The van der Waals surface area contributed by atoms with Crippen molar-refractivity contribution in [1.82, 2.24) is 14.7 Å². The molecule has 2 aromatic rings. The minimum absolute atomic E-state index is 0.0603. The summed E-state index contributed by atoms with van der Waals surface area (Å²) in [5.41, 5.74) is -0.233. The van der Waals surface area contributed by atoms with E-state index in [0.29, 0.717) is 52.4 Å². The Balaban J connectivity index is 1.58. The van der Waals surface area contributed by atoms with Crippen molar-refractivity contribution in [2.75, 3.05) is 51.4 Å². The summed E-state index contributed by atoms with van der Waals surface area (Å²) in [5, 5.41) is 17.4. The average molecular weight is 585 g/mol. The van der Waals surface area contributed by atoms with Crippen LogP contribution >= 0.6 is 11.6 Å². The van der Waals surface area contributed by atoms with Gasteiger partial charge in [-0.25, -0.2) is 0 Å². The normalized spacial score (nSPS) is 19.4. The number of aromatic nitrogens is 2. The number of piperidine rings is 1. The van der Waals surface area contributed by atoms with Gasteiger partial charge in [-0.2, -0.15) is 13.9 Å². The summed E-state index contributed by atoms with van der Waals surface area (Å²) in [7, 11) is 0. The molecule has 10 nitrogen and oxygen atoms in total. The van der Waals surface area contributed by atoms with Gasteiger partial charge in [-0.15, -0.1) is 0 Å². The zero-order valence-electron chi connectivity index (χ0n) is 22.5. The van der Waals surface area contributed by atoms with Gasteiger partial charge in [0.05, 0.1) is 38.0 Å². The molecule has 2 fully saturated rings. The number of aliphatic carboxylic acids is 1. The molecule has 0 spiro atoms. The van der Waals surface area contributed by atoms with Crippen LogP contribution < -0.4 is 10.1 Å². The molecule has 2 aliphatic rings. The lowest BCUT2D eigenvalue weighted by Crippen LogP contribution is -2.55. The Morgan fingerprint density at radius 1 is 1.20 bits per heavy atom. The number of likely N-dealkylation sites (tertiary alicyclic amines) is 1. The van der Waals surface area contributed by atoms with E-state index in [1.54, 1.807) is 10.9 Å². The molecular weight excluding hydrogens is 550 g/mol. The maximum absolute atomic E-state index is 14.0. The first-order chi connectivity index (χ1) is 19.1. The first kappa shape index (κ1) is 30.2. The van der Waals surface area contributed by atoms with E-state index in [2.05, 4.69) is 15.2 Å². The molecule has 1 unspecified atom stereocenters. The first-order valence-corrected chi connectivity index (χ1v) is 13.7. The maximum Gasteiger partial charge on any atom is 0.387 e. The number of rotatable bonds is 10. The van der Waals surface area contributed by atoms with E-state index in [9.17, 15) is 23.5 Å². The molecule has 1 aromatic carbocycles. The average Bonchev–Trinajstić information content (AvgIpc) is 3.26. The molecule has 0 aliphatic carbocycles. The molecule has 0 saturated carbocycles. The molecular formula is C27H35ClF2N4O6. The van der Waals surface area contributed by atoms with Crippen LogP contribution in [-0.4, -0.2) is 84.3 Å². The fourth-order valence-corrected chi connectivity index (χ4v) is 5.52. The lowest BCUT2D eigenvalue weighted by atomic mass is 9.84. The summed E-state index contributed by atoms with van der Waals surface area (Å²) in [6, 6.07) is 5.97. The van der Waals surface area contributed by atoms with Gasteiger partial charge in [-0.05, 0) is 37.0 Å². The molecule has 0 bridgehead atoms. The number of halogens is 3. The number of hydrogen-bond donors (Lipinski definition) is 2. The van der Waals surface area contributed by atoms with Crippen molar-refractivity contribution >= 4 is 29.2 Å². The number of ether oxygens (including phenoxy) is 3. The SMILES string of the molecule is CC(C)c1ccnn1C1(C(=O)Nc2ccc(Cl)cc2OC(F)F)CCN(CC(C(=O)O)C2COCCOC2)CC1. The van der Waals surface area contributed by atoms with Crippen LogP contribution in [0, 0.1) is 11.8 Å². The Labute approximate surface area is 236 Å². The second-order valence-electron chi connectivity index (χ2n) is 10.5. The molecule has 1 atom stereocenters. The van der Waals surface area contributed by atoms with E-state index < -0.39 is 29.9 Å². The summed E-state index contributed by atoms with van der Waals surface area (Å²) >= 11 is 5.98. The number of amides is 1. The Hall–Kier alpha value is -2.80. The summed E-state index contributed by atoms with van der Waals surface area (Å²) in [6.45, 7) is 3.51. The minimum Gasteiger partial charge on any atom is -0.481 e. The number of carboxylic acids is 1. The van der Waals surface area contributed by atoms with Crippen molar-refractivity contribution in [2.24, 2.45) is 11.8 Å². The smallest absolute Gasteiger partial charge is 0.387 e. The Kier molecular flexibility index (Phi) is 9.99. The van der Waals surface area contributed by atoms with Crippen molar-refractivity contribution in [1.29, 1.82) is 0 Å². The molecule has 4 rings (SSSR count). The highest BCUT2D eigenvalue weighted by atomic mass is 35.5. The van der Waals surface area contributed by atoms with Gasteiger partial charge in [0.25, 0.3) is 5.91 Å². The van der Waals surface area contributed by atoms with E-state index >= 15 is 0 Å². The fraction of sp³-hybridized carbons (Fsp3) is 0.593. The van der Waals surface area contributed by atoms with E-state index in [-0.39, 0.29) is 34.8 Å². The third-order valence-electron chi connectivity index (χ3n) is 7.56. The van der Waals surface area contributed by atoms with Crippen molar-refractivity contribution < 1.29 is 37.7 Å². The number of benzene rings is 1. The monoisotopic (exact) mass is 584 g/mol. The fourth-order valence-electron chi connectivity index (χ4n) is 5.36. The zero-order valence-corrected chi connectivity index (χ0v) is 23.3. The quantitative estimate of drug-likeness (QED) is 0.430. The molecule has 2 aliphatic heterocycles. The van der Waals surface area contributed by atoms with E-state index in [4.69, 9.17) is 21.1 Å². The molecule has 220 valence electrons. The zero-order chi connectivity index (χ0) is 28.9. The van der Waals surface area contributed by atoms with Crippen molar-refractivity contribution in [3.8, 4) is 5.75 Å². The summed E-state index contributed by atoms with van der Waals surface area (Å²) in [6.07, 6.45) is 2.28. The molecule has 3 heterocycles. The van der Waals surface area contributed by atoms with E-state index in [1.165, 1.54) is 18.2 Å². The van der Waals surface area contributed by atoms with E-state index in [0.717, 1.165) is 5.69 Å². The predicted molar refractivity (Wildman–Crippen MR) is 143 cm³/mol. The topological polar surface area (TPSA) is 115 Å². The van der Waals surface area contributed by atoms with Crippen molar-refractivity contribution in [3.05, 3.63) is 41.2 Å². The maximum atomic E-state index is 14.0. The number of carbonyl (C=O) groups is 2. The van der Waals surface area contributed by atoms with Crippen LogP contribution in [0.15, 0.2) is 30.5 Å². The Bertz CT molecular complexity index is 1160. The van der Waals surface area contributed by atoms with Gasteiger partial charge in [-0.1, -0.05) is 25.4 Å². The van der Waals surface area contributed by atoms with Crippen LogP contribution in [0.2, 0.25) is 5.02 Å². The number of carbonyl (C=O) groups excluding carboxylic acids is 1. The largest absolute Gasteiger partial charge is 0.481 e. The van der Waals surface area contributed by atoms with Crippen LogP contribution in [0.4, 0.5) is 14.5 Å². The molecule has 0 radical (unpaired) electrons. The number of carboxylic acid groups (broad SMARTS) is 1. The Morgan fingerprint density at radius 3 is 2.48 bits per heavy atom. The minimum atomic E-state index is -3.10. The van der Waals surface area contributed by atoms with Gasteiger partial charge in [0.1, 0.15) is 5.54 Å². The van der Waals surface area contributed by atoms with Gasteiger partial charge in [0.15, 0.2) is 5.75 Å².